The van der Waals surface area contributed by atoms with Gasteiger partial charge in [-0.25, -0.2) is 0 Å². The molecule has 0 heterocycles. The molecule has 2 aromatic rings. The molecule has 0 aliphatic rings. The minimum Gasteiger partial charge on any atom is -0.345 e. The molecule has 6 nitrogen and oxygen atoms in total. The second-order valence-corrected chi connectivity index (χ2v) is 8.36. The molecule has 0 saturated carbocycles. The molecule has 0 saturated heterocycles. The number of nitrogens with one attached hydrogen (secondary N) is 3. The summed E-state index contributed by atoms with van der Waals surface area (Å²) in [5.41, 5.74) is 2.28. The van der Waals surface area contributed by atoms with Gasteiger partial charge in [-0.3, -0.25) is 14.4 Å². The Morgan fingerprint density at radius 3 is 1.83 bits per heavy atom. The fourth-order valence-electron chi connectivity index (χ4n) is 3.10. The average Bonchev–Trinajstić information content (AvgIpc) is 2.59. The molecule has 0 spiro atoms. The number of amides is 3. The van der Waals surface area contributed by atoms with Crippen LogP contribution in [0.4, 0.5) is 11.4 Å². The van der Waals surface area contributed by atoms with Crippen LogP contribution in [-0.2, 0) is 9.59 Å². The van der Waals surface area contributed by atoms with Gasteiger partial charge in [0.05, 0.1) is 6.04 Å². The van der Waals surface area contributed by atoms with Crippen molar-refractivity contribution in [2.45, 2.75) is 47.1 Å². The van der Waals surface area contributed by atoms with E-state index in [0.29, 0.717) is 16.9 Å². The van der Waals surface area contributed by atoms with E-state index in [2.05, 4.69) is 36.7 Å². The molecule has 2 aromatic carbocycles. The largest absolute Gasteiger partial charge is 0.345 e. The van der Waals surface area contributed by atoms with Crippen molar-refractivity contribution in [2.24, 2.45) is 5.41 Å². The maximum Gasteiger partial charge on any atom is 0.251 e. The van der Waals surface area contributed by atoms with Gasteiger partial charge in [0.2, 0.25) is 11.8 Å². The van der Waals surface area contributed by atoms with Gasteiger partial charge in [-0.05, 0) is 35.6 Å². The summed E-state index contributed by atoms with van der Waals surface area (Å²) in [5.74, 6) is -0.792. The van der Waals surface area contributed by atoms with E-state index in [1.807, 2.05) is 30.3 Å². The first kappa shape index (κ1) is 22.1. The lowest BCUT2D eigenvalue weighted by atomic mass is 9.85. The van der Waals surface area contributed by atoms with Gasteiger partial charge in [0, 0.05) is 30.8 Å². The Kier molecular flexibility index (Phi) is 7.15. The summed E-state index contributed by atoms with van der Waals surface area (Å²) in [6, 6.07) is 14.5. The monoisotopic (exact) mass is 395 g/mol. The Morgan fingerprint density at radius 1 is 0.862 bits per heavy atom. The van der Waals surface area contributed by atoms with Gasteiger partial charge >= 0.3 is 0 Å². The summed E-state index contributed by atoms with van der Waals surface area (Å²) in [5, 5.41) is 8.44. The topological polar surface area (TPSA) is 87.3 Å². The van der Waals surface area contributed by atoms with Crippen LogP contribution in [0.25, 0.3) is 0 Å². The fraction of sp³-hybridized carbons (Fsp3) is 0.348. The van der Waals surface area contributed by atoms with Crippen molar-refractivity contribution < 1.29 is 14.4 Å². The predicted molar refractivity (Wildman–Crippen MR) is 116 cm³/mol. The van der Waals surface area contributed by atoms with Gasteiger partial charge in [-0.15, -0.1) is 0 Å². The fourth-order valence-corrected chi connectivity index (χ4v) is 3.10. The van der Waals surface area contributed by atoms with Crippen molar-refractivity contribution in [1.82, 2.24) is 5.32 Å². The molecule has 29 heavy (non-hydrogen) atoms. The third-order valence-electron chi connectivity index (χ3n) is 4.16. The zero-order valence-electron chi connectivity index (χ0n) is 17.6. The third kappa shape index (κ3) is 7.41. The summed E-state index contributed by atoms with van der Waals surface area (Å²) in [6.07, 6.45) is 0.757. The van der Waals surface area contributed by atoms with Crippen molar-refractivity contribution >= 4 is 29.1 Å². The maximum absolute atomic E-state index is 13.1. The lowest BCUT2D eigenvalue weighted by molar-refractivity contribution is -0.115. The van der Waals surface area contributed by atoms with Gasteiger partial charge in [-0.1, -0.05) is 51.1 Å². The van der Waals surface area contributed by atoms with Gasteiger partial charge in [-0.2, -0.15) is 0 Å². The highest BCUT2D eigenvalue weighted by atomic mass is 16.2. The van der Waals surface area contributed by atoms with E-state index in [0.717, 1.165) is 12.0 Å². The molecule has 0 fully saturated rings. The minimum absolute atomic E-state index is 0.00711. The smallest absolute Gasteiger partial charge is 0.251 e. The molecular weight excluding hydrogens is 366 g/mol. The third-order valence-corrected chi connectivity index (χ3v) is 4.16. The molecule has 1 unspecified atom stereocenters. The molecule has 0 radical (unpaired) electrons. The second kappa shape index (κ2) is 9.37. The van der Waals surface area contributed by atoms with Crippen LogP contribution in [0.5, 0.6) is 0 Å². The van der Waals surface area contributed by atoms with E-state index in [1.54, 1.807) is 18.2 Å². The lowest BCUT2D eigenvalue weighted by Crippen LogP contribution is -2.31. The van der Waals surface area contributed by atoms with Crippen molar-refractivity contribution in [2.75, 3.05) is 10.6 Å². The van der Waals surface area contributed by atoms with Crippen LogP contribution in [0.1, 0.15) is 63.0 Å². The molecule has 0 aromatic heterocycles. The van der Waals surface area contributed by atoms with Crippen LogP contribution in [0.3, 0.4) is 0 Å². The highest BCUT2D eigenvalue weighted by molar-refractivity contribution is 6.00. The molecule has 154 valence electrons. The van der Waals surface area contributed by atoms with Crippen LogP contribution in [0.15, 0.2) is 48.5 Å². The van der Waals surface area contributed by atoms with E-state index in [4.69, 9.17) is 0 Å². The van der Waals surface area contributed by atoms with Crippen molar-refractivity contribution in [1.29, 1.82) is 0 Å². The van der Waals surface area contributed by atoms with E-state index in [1.165, 1.54) is 13.8 Å². The zero-order valence-corrected chi connectivity index (χ0v) is 17.6. The van der Waals surface area contributed by atoms with Gasteiger partial charge in [0.15, 0.2) is 0 Å². The summed E-state index contributed by atoms with van der Waals surface area (Å²) in [4.78, 5) is 36.0. The Morgan fingerprint density at radius 2 is 1.38 bits per heavy atom. The van der Waals surface area contributed by atoms with Crippen LogP contribution in [0.2, 0.25) is 0 Å². The van der Waals surface area contributed by atoms with Crippen LogP contribution >= 0.6 is 0 Å². The summed E-state index contributed by atoms with van der Waals surface area (Å²) >= 11 is 0. The molecule has 6 heteroatoms. The molecule has 3 amide bonds. The molecule has 0 aliphatic heterocycles. The van der Waals surface area contributed by atoms with Gasteiger partial charge in [0.1, 0.15) is 0 Å². The number of carbonyl (C=O) groups excluding carboxylic acids is 3. The normalized spacial score (nSPS) is 12.0. The molecule has 0 bridgehead atoms. The first-order chi connectivity index (χ1) is 13.5. The summed E-state index contributed by atoms with van der Waals surface area (Å²) in [6.45, 7) is 9.16. The maximum atomic E-state index is 13.1. The number of carbonyl (C=O) groups is 3. The Bertz CT molecular complexity index is 852. The predicted octanol–water partition coefficient (Wildman–Crippen LogP) is 4.51. The highest BCUT2D eigenvalue weighted by Gasteiger charge is 2.23. The van der Waals surface area contributed by atoms with Crippen LogP contribution < -0.4 is 16.0 Å². The Labute approximate surface area is 172 Å². The quantitative estimate of drug-likeness (QED) is 0.672. The Hall–Kier alpha value is -3.15. The van der Waals surface area contributed by atoms with Crippen molar-refractivity contribution in [3.63, 3.8) is 0 Å². The van der Waals surface area contributed by atoms with E-state index in [-0.39, 0.29) is 29.2 Å². The minimum atomic E-state index is -0.276. The van der Waals surface area contributed by atoms with E-state index >= 15 is 0 Å². The van der Waals surface area contributed by atoms with E-state index in [9.17, 15) is 14.4 Å². The second-order valence-electron chi connectivity index (χ2n) is 8.36. The molecule has 2 rings (SSSR count). The van der Waals surface area contributed by atoms with Crippen molar-refractivity contribution in [3.8, 4) is 0 Å². The molecular formula is C23H29N3O3. The van der Waals surface area contributed by atoms with Crippen LogP contribution in [-0.4, -0.2) is 17.7 Å². The molecule has 0 aliphatic carbocycles. The Balaban J connectivity index is 2.34. The summed E-state index contributed by atoms with van der Waals surface area (Å²) in [7, 11) is 0. The average molecular weight is 396 g/mol. The zero-order chi connectivity index (χ0) is 21.6. The molecule has 1 atom stereocenters. The van der Waals surface area contributed by atoms with Crippen LogP contribution in [0, 0.1) is 5.41 Å². The van der Waals surface area contributed by atoms with Gasteiger partial charge in [0.25, 0.3) is 5.91 Å². The molecule has 3 N–H and O–H groups in total. The SMILES string of the molecule is CC(=O)Nc1cc(NC(C)=O)cc(C(=O)NC(CC(C)(C)C)c2ccccc2)c1. The first-order valence-corrected chi connectivity index (χ1v) is 9.59. The van der Waals surface area contributed by atoms with Gasteiger partial charge < -0.3 is 16.0 Å². The number of anilines is 2. The highest BCUT2D eigenvalue weighted by Crippen LogP contribution is 2.30. The number of rotatable bonds is 6. The standard InChI is InChI=1S/C23H29N3O3/c1-15(27)24-19-11-18(12-20(13-19)25-16(2)28)22(29)26-21(14-23(3,4)5)17-9-7-6-8-10-17/h6-13,21H,14H2,1-5H3,(H,24,27)(H,25,28)(H,26,29). The number of hydrogen-bond donors (Lipinski definition) is 3. The number of hydrogen-bond acceptors (Lipinski definition) is 3. The summed E-state index contributed by atoms with van der Waals surface area (Å²) < 4.78 is 0. The van der Waals surface area contributed by atoms with E-state index < -0.39 is 0 Å². The number of benzene rings is 2. The lowest BCUT2D eigenvalue weighted by Gasteiger charge is -2.27. The van der Waals surface area contributed by atoms with Crippen molar-refractivity contribution in [3.05, 3.63) is 59.7 Å². The first-order valence-electron chi connectivity index (χ1n) is 9.59.